The van der Waals surface area contributed by atoms with Gasteiger partial charge in [0.2, 0.25) is 5.95 Å². The first-order valence-electron chi connectivity index (χ1n) is 11.8. The van der Waals surface area contributed by atoms with E-state index in [1.54, 1.807) is 30.3 Å². The summed E-state index contributed by atoms with van der Waals surface area (Å²) >= 11 is 0. The molecule has 3 aromatic rings. The lowest BCUT2D eigenvalue weighted by molar-refractivity contribution is -0.117. The maximum atomic E-state index is 14.0. The van der Waals surface area contributed by atoms with E-state index in [9.17, 15) is 13.6 Å². The Bertz CT molecular complexity index is 1210. The van der Waals surface area contributed by atoms with Crippen molar-refractivity contribution in [1.82, 2.24) is 19.5 Å². The number of hydrogen-bond acceptors (Lipinski definition) is 7. The summed E-state index contributed by atoms with van der Waals surface area (Å²) in [7, 11) is 0. The summed E-state index contributed by atoms with van der Waals surface area (Å²) in [5.41, 5.74) is 1.07. The summed E-state index contributed by atoms with van der Waals surface area (Å²) < 4.78 is 34.9. The highest BCUT2D eigenvalue weighted by Gasteiger charge is 2.41. The number of nitrogens with one attached hydrogen (secondary N) is 1. The molecule has 0 unspecified atom stereocenters. The minimum absolute atomic E-state index is 0.192. The summed E-state index contributed by atoms with van der Waals surface area (Å²) in [5.74, 6) is 2.31. The van der Waals surface area contributed by atoms with Crippen molar-refractivity contribution in [2.24, 2.45) is 11.8 Å². The zero-order valence-electron chi connectivity index (χ0n) is 18.7. The Morgan fingerprint density at radius 3 is 2.50 bits per heavy atom. The van der Waals surface area contributed by atoms with Gasteiger partial charge < -0.3 is 15.0 Å². The summed E-state index contributed by atoms with van der Waals surface area (Å²) in [6.45, 7) is 2.38. The van der Waals surface area contributed by atoms with E-state index in [-0.39, 0.29) is 11.9 Å². The standard InChI is InChI=1S/C24H26F2N6O2/c25-22(26)23-28-18-3-1-2-4-19(18)32(23)21-13-20(29-24(30-21)31-5-7-34-8-6-31)27-16-9-14-11-17(33)12-15(14)10-16/h1-4,13-16,22H,5-12H2,(H,27,29,30)/t14-,15+,16-. The molecule has 0 bridgehead atoms. The van der Waals surface area contributed by atoms with Crippen molar-refractivity contribution in [2.75, 3.05) is 36.5 Å². The van der Waals surface area contributed by atoms with E-state index in [0.29, 0.717) is 85.4 Å². The number of anilines is 2. The molecule has 2 saturated carbocycles. The molecule has 0 amide bonds. The quantitative estimate of drug-likeness (QED) is 0.610. The third-order valence-electron chi connectivity index (χ3n) is 7.18. The molecule has 0 radical (unpaired) electrons. The fourth-order valence-electron chi connectivity index (χ4n) is 5.65. The Kier molecular flexibility index (Phi) is 5.40. The molecule has 3 heterocycles. The third kappa shape index (κ3) is 3.89. The highest BCUT2D eigenvalue weighted by molar-refractivity contribution is 5.81. The van der Waals surface area contributed by atoms with E-state index in [1.807, 2.05) is 4.90 Å². The molecular formula is C24H26F2N6O2. The maximum Gasteiger partial charge on any atom is 0.296 e. The van der Waals surface area contributed by atoms with Crippen LogP contribution in [-0.2, 0) is 9.53 Å². The second-order valence-corrected chi connectivity index (χ2v) is 9.39. The van der Waals surface area contributed by atoms with Crippen LogP contribution in [-0.4, -0.2) is 57.6 Å². The van der Waals surface area contributed by atoms with Gasteiger partial charge in [-0.1, -0.05) is 12.1 Å². The van der Waals surface area contributed by atoms with Crippen LogP contribution in [0.1, 0.15) is 37.9 Å². The number of nitrogens with zero attached hydrogens (tertiary/aromatic N) is 5. The topological polar surface area (TPSA) is 85.2 Å². The van der Waals surface area contributed by atoms with Crippen LogP contribution in [0.15, 0.2) is 30.3 Å². The van der Waals surface area contributed by atoms with Gasteiger partial charge in [0.05, 0.1) is 24.2 Å². The lowest BCUT2D eigenvalue weighted by Gasteiger charge is -2.28. The van der Waals surface area contributed by atoms with Crippen molar-refractivity contribution in [3.8, 4) is 5.82 Å². The molecule has 178 valence electrons. The van der Waals surface area contributed by atoms with E-state index in [4.69, 9.17) is 14.7 Å². The Hall–Kier alpha value is -3.14. The molecule has 8 nitrogen and oxygen atoms in total. The number of imidazole rings is 1. The first kappa shape index (κ1) is 21.4. The number of fused-ring (bicyclic) bond motifs is 2. The Labute approximate surface area is 195 Å². The molecule has 2 aliphatic carbocycles. The number of alkyl halides is 2. The molecule has 3 aliphatic rings. The molecule has 1 saturated heterocycles. The number of Topliss-reactive ketones (excluding diaryl/α,β-unsaturated/α-hetero) is 1. The molecule has 1 aromatic carbocycles. The zero-order chi connectivity index (χ0) is 23.2. The molecule has 0 spiro atoms. The highest BCUT2D eigenvalue weighted by Crippen LogP contribution is 2.43. The maximum absolute atomic E-state index is 14.0. The molecule has 10 heteroatoms. The van der Waals surface area contributed by atoms with Crippen molar-refractivity contribution in [1.29, 1.82) is 0 Å². The predicted molar refractivity (Wildman–Crippen MR) is 123 cm³/mol. The molecule has 1 N–H and O–H groups in total. The molecule has 2 aromatic heterocycles. The van der Waals surface area contributed by atoms with Gasteiger partial charge in [0, 0.05) is 38.0 Å². The number of morpholine rings is 1. The fraction of sp³-hybridized carbons (Fsp3) is 0.500. The van der Waals surface area contributed by atoms with Gasteiger partial charge in [0.15, 0.2) is 5.82 Å². The first-order chi connectivity index (χ1) is 16.5. The second-order valence-electron chi connectivity index (χ2n) is 9.39. The average Bonchev–Trinajstić information content (AvgIpc) is 3.50. The van der Waals surface area contributed by atoms with E-state index in [0.717, 1.165) is 12.8 Å². The van der Waals surface area contributed by atoms with Gasteiger partial charge in [0.1, 0.15) is 17.4 Å². The van der Waals surface area contributed by atoms with Crippen molar-refractivity contribution >= 4 is 28.6 Å². The van der Waals surface area contributed by atoms with Crippen LogP contribution in [0.25, 0.3) is 16.9 Å². The average molecular weight is 469 g/mol. The molecular weight excluding hydrogens is 442 g/mol. The van der Waals surface area contributed by atoms with Crippen molar-refractivity contribution in [3.63, 3.8) is 0 Å². The summed E-state index contributed by atoms with van der Waals surface area (Å²) in [4.78, 5) is 27.4. The number of halogens is 2. The van der Waals surface area contributed by atoms with Crippen LogP contribution in [0.3, 0.4) is 0 Å². The van der Waals surface area contributed by atoms with Crippen LogP contribution in [0.2, 0.25) is 0 Å². The zero-order valence-corrected chi connectivity index (χ0v) is 18.7. The highest BCUT2D eigenvalue weighted by atomic mass is 19.3. The Morgan fingerprint density at radius 2 is 1.76 bits per heavy atom. The number of ketones is 1. The number of para-hydroxylation sites is 2. The van der Waals surface area contributed by atoms with Gasteiger partial charge in [-0.15, -0.1) is 0 Å². The summed E-state index contributed by atoms with van der Waals surface area (Å²) in [5, 5.41) is 3.52. The number of hydrogen-bond donors (Lipinski definition) is 1. The van der Waals surface area contributed by atoms with Crippen LogP contribution in [0.4, 0.5) is 20.5 Å². The Morgan fingerprint density at radius 1 is 1.03 bits per heavy atom. The first-order valence-corrected chi connectivity index (χ1v) is 11.8. The Balaban J connectivity index is 1.40. The van der Waals surface area contributed by atoms with Crippen LogP contribution in [0.5, 0.6) is 0 Å². The molecule has 1 aliphatic heterocycles. The summed E-state index contributed by atoms with van der Waals surface area (Å²) in [6, 6.07) is 8.99. The lowest BCUT2D eigenvalue weighted by Crippen LogP contribution is -2.37. The number of carbonyl (C=O) groups is 1. The molecule has 6 rings (SSSR count). The third-order valence-corrected chi connectivity index (χ3v) is 7.18. The van der Waals surface area contributed by atoms with Gasteiger partial charge in [-0.05, 0) is 36.8 Å². The molecule has 3 atom stereocenters. The van der Waals surface area contributed by atoms with Crippen molar-refractivity contribution in [3.05, 3.63) is 36.2 Å². The predicted octanol–water partition coefficient (Wildman–Crippen LogP) is 3.76. The van der Waals surface area contributed by atoms with E-state index >= 15 is 0 Å². The number of aromatic nitrogens is 4. The SMILES string of the molecule is O=C1C[C@@H]2C[C@H](Nc3cc(-n4c(C(F)F)nc5ccccc54)nc(N4CCOCC4)n3)C[C@@H]2C1. The largest absolute Gasteiger partial charge is 0.378 e. The number of benzene rings is 1. The van der Waals surface area contributed by atoms with E-state index in [2.05, 4.69) is 10.3 Å². The smallest absolute Gasteiger partial charge is 0.296 e. The minimum atomic E-state index is -2.75. The van der Waals surface area contributed by atoms with Crippen molar-refractivity contribution < 1.29 is 18.3 Å². The van der Waals surface area contributed by atoms with Gasteiger partial charge in [-0.3, -0.25) is 9.36 Å². The van der Waals surface area contributed by atoms with Gasteiger partial charge in [-0.25, -0.2) is 13.8 Å². The number of carbonyl (C=O) groups excluding carboxylic acids is 1. The van der Waals surface area contributed by atoms with Gasteiger partial charge >= 0.3 is 0 Å². The minimum Gasteiger partial charge on any atom is -0.378 e. The normalized spacial score (nSPS) is 24.9. The lowest BCUT2D eigenvalue weighted by atomic mass is 10.0. The second kappa shape index (κ2) is 8.57. The van der Waals surface area contributed by atoms with Gasteiger partial charge in [-0.2, -0.15) is 9.97 Å². The van der Waals surface area contributed by atoms with Crippen LogP contribution >= 0.6 is 0 Å². The van der Waals surface area contributed by atoms with Crippen LogP contribution < -0.4 is 10.2 Å². The number of ether oxygens (including phenoxy) is 1. The van der Waals surface area contributed by atoms with E-state index < -0.39 is 6.43 Å². The van der Waals surface area contributed by atoms with Crippen molar-refractivity contribution in [2.45, 2.75) is 38.2 Å². The number of rotatable bonds is 5. The fourth-order valence-corrected chi connectivity index (χ4v) is 5.65. The van der Waals surface area contributed by atoms with Gasteiger partial charge in [0.25, 0.3) is 6.43 Å². The van der Waals surface area contributed by atoms with E-state index in [1.165, 1.54) is 4.57 Å². The van der Waals surface area contributed by atoms with Crippen LogP contribution in [0, 0.1) is 11.8 Å². The molecule has 3 fully saturated rings. The monoisotopic (exact) mass is 468 g/mol. The summed E-state index contributed by atoms with van der Waals surface area (Å²) in [6.07, 6.45) is 0.403. The molecule has 34 heavy (non-hydrogen) atoms.